The van der Waals surface area contributed by atoms with Crippen molar-refractivity contribution in [3.8, 4) is 0 Å². The van der Waals surface area contributed by atoms with E-state index in [9.17, 15) is 9.59 Å². The van der Waals surface area contributed by atoms with Gasteiger partial charge in [-0.15, -0.1) is 0 Å². The molecule has 5 heteroatoms. The van der Waals surface area contributed by atoms with Gasteiger partial charge in [-0.25, -0.2) is 4.79 Å². The molecule has 0 aliphatic carbocycles. The van der Waals surface area contributed by atoms with Gasteiger partial charge in [-0.3, -0.25) is 4.79 Å². The minimum absolute atomic E-state index is 0.203. The summed E-state index contributed by atoms with van der Waals surface area (Å²) in [5.74, 6) is -1.23. The SMILES string of the molecule is CCOCCNC(=O)c1cccc(/C=C/C(=O)O)c1. The lowest BCUT2D eigenvalue weighted by Gasteiger charge is -2.05. The van der Waals surface area contributed by atoms with Crippen molar-refractivity contribution in [2.75, 3.05) is 19.8 Å². The highest BCUT2D eigenvalue weighted by atomic mass is 16.5. The lowest BCUT2D eigenvalue weighted by Crippen LogP contribution is -2.27. The van der Waals surface area contributed by atoms with Crippen molar-refractivity contribution >= 4 is 18.0 Å². The van der Waals surface area contributed by atoms with E-state index in [4.69, 9.17) is 9.84 Å². The molecule has 0 bridgehead atoms. The fraction of sp³-hybridized carbons (Fsp3) is 0.286. The number of hydrogen-bond acceptors (Lipinski definition) is 3. The minimum Gasteiger partial charge on any atom is -0.478 e. The second-order valence-electron chi connectivity index (χ2n) is 3.75. The number of ether oxygens (including phenoxy) is 1. The van der Waals surface area contributed by atoms with Crippen LogP contribution in [0, 0.1) is 0 Å². The first-order chi connectivity index (χ1) is 9.13. The van der Waals surface area contributed by atoms with Gasteiger partial charge in [0.2, 0.25) is 0 Å². The van der Waals surface area contributed by atoms with Crippen LogP contribution in [0.4, 0.5) is 0 Å². The summed E-state index contributed by atoms with van der Waals surface area (Å²) in [5, 5.41) is 11.3. The molecule has 0 aromatic heterocycles. The molecule has 1 rings (SSSR count). The van der Waals surface area contributed by atoms with Gasteiger partial charge in [-0.2, -0.15) is 0 Å². The van der Waals surface area contributed by atoms with E-state index in [-0.39, 0.29) is 5.91 Å². The van der Waals surface area contributed by atoms with Crippen LogP contribution in [0.15, 0.2) is 30.3 Å². The van der Waals surface area contributed by atoms with Crippen molar-refractivity contribution in [3.05, 3.63) is 41.5 Å². The molecule has 0 heterocycles. The average Bonchev–Trinajstić information content (AvgIpc) is 2.41. The van der Waals surface area contributed by atoms with Crippen molar-refractivity contribution in [1.82, 2.24) is 5.32 Å². The summed E-state index contributed by atoms with van der Waals surface area (Å²) in [4.78, 5) is 22.2. The summed E-state index contributed by atoms with van der Waals surface area (Å²) in [5.41, 5.74) is 1.16. The third kappa shape index (κ3) is 5.83. The summed E-state index contributed by atoms with van der Waals surface area (Å²) in [6.45, 7) is 3.42. The first-order valence-corrected chi connectivity index (χ1v) is 6.00. The van der Waals surface area contributed by atoms with Crippen molar-refractivity contribution in [2.24, 2.45) is 0 Å². The third-order valence-electron chi connectivity index (χ3n) is 2.30. The number of benzene rings is 1. The van der Waals surface area contributed by atoms with Crippen LogP contribution in [0.1, 0.15) is 22.8 Å². The molecule has 0 unspecified atom stereocenters. The molecule has 2 N–H and O–H groups in total. The number of amides is 1. The van der Waals surface area contributed by atoms with Gasteiger partial charge in [-0.05, 0) is 30.7 Å². The Balaban J connectivity index is 2.60. The molecule has 0 atom stereocenters. The van der Waals surface area contributed by atoms with Gasteiger partial charge in [0.25, 0.3) is 5.91 Å². The van der Waals surface area contributed by atoms with Crippen LogP contribution < -0.4 is 5.32 Å². The third-order valence-corrected chi connectivity index (χ3v) is 2.30. The van der Waals surface area contributed by atoms with E-state index >= 15 is 0 Å². The van der Waals surface area contributed by atoms with Crippen LogP contribution in [0.25, 0.3) is 6.08 Å². The zero-order chi connectivity index (χ0) is 14.1. The molecule has 0 spiro atoms. The maximum Gasteiger partial charge on any atom is 0.328 e. The second-order valence-corrected chi connectivity index (χ2v) is 3.75. The lowest BCUT2D eigenvalue weighted by molar-refractivity contribution is -0.131. The maximum atomic E-state index is 11.8. The Kier molecular flexibility index (Phi) is 6.32. The van der Waals surface area contributed by atoms with Crippen molar-refractivity contribution < 1.29 is 19.4 Å². The van der Waals surface area contributed by atoms with Crippen LogP contribution in [0.3, 0.4) is 0 Å². The summed E-state index contributed by atoms with van der Waals surface area (Å²) in [6, 6.07) is 6.75. The minimum atomic E-state index is -1.02. The molecule has 19 heavy (non-hydrogen) atoms. The smallest absolute Gasteiger partial charge is 0.328 e. The zero-order valence-corrected chi connectivity index (χ0v) is 10.8. The highest BCUT2D eigenvalue weighted by Crippen LogP contribution is 2.07. The van der Waals surface area contributed by atoms with E-state index in [2.05, 4.69) is 5.32 Å². The predicted molar refractivity (Wildman–Crippen MR) is 71.9 cm³/mol. The molecule has 0 saturated carbocycles. The van der Waals surface area contributed by atoms with Crippen molar-refractivity contribution in [1.29, 1.82) is 0 Å². The topological polar surface area (TPSA) is 75.6 Å². The number of carboxylic acids is 1. The monoisotopic (exact) mass is 263 g/mol. The fourth-order valence-electron chi connectivity index (χ4n) is 1.43. The quantitative estimate of drug-likeness (QED) is 0.578. The number of carboxylic acid groups (broad SMARTS) is 1. The summed E-state index contributed by atoms with van der Waals surface area (Å²) in [7, 11) is 0. The second kappa shape index (κ2) is 8.05. The Labute approximate surface area is 111 Å². The molecule has 0 aliphatic rings. The number of aliphatic carboxylic acids is 1. The van der Waals surface area contributed by atoms with E-state index in [1.807, 2.05) is 6.92 Å². The van der Waals surface area contributed by atoms with Crippen LogP contribution in [0.2, 0.25) is 0 Å². The first kappa shape index (κ1) is 14.9. The molecule has 5 nitrogen and oxygen atoms in total. The van der Waals surface area contributed by atoms with Crippen LogP contribution in [0.5, 0.6) is 0 Å². The molecule has 1 amide bonds. The van der Waals surface area contributed by atoms with Gasteiger partial charge in [-0.1, -0.05) is 12.1 Å². The summed E-state index contributed by atoms with van der Waals surface area (Å²) < 4.78 is 5.12. The van der Waals surface area contributed by atoms with Gasteiger partial charge in [0, 0.05) is 24.8 Å². The molecular weight excluding hydrogens is 246 g/mol. The molecule has 1 aromatic carbocycles. The van der Waals surface area contributed by atoms with Crippen LogP contribution >= 0.6 is 0 Å². The van der Waals surface area contributed by atoms with Crippen LogP contribution in [-0.4, -0.2) is 36.7 Å². The maximum absolute atomic E-state index is 11.8. The summed E-state index contributed by atoms with van der Waals surface area (Å²) >= 11 is 0. The van der Waals surface area contributed by atoms with E-state index in [1.165, 1.54) is 6.08 Å². The molecule has 1 aromatic rings. The zero-order valence-electron chi connectivity index (χ0n) is 10.8. The highest BCUT2D eigenvalue weighted by Gasteiger charge is 2.04. The molecule has 0 saturated heterocycles. The van der Waals surface area contributed by atoms with E-state index < -0.39 is 5.97 Å². The molecular formula is C14H17NO4. The number of rotatable bonds is 7. The average molecular weight is 263 g/mol. The van der Waals surface area contributed by atoms with Gasteiger partial charge in [0.1, 0.15) is 0 Å². The van der Waals surface area contributed by atoms with E-state index in [1.54, 1.807) is 24.3 Å². The molecule has 0 radical (unpaired) electrons. The number of hydrogen-bond donors (Lipinski definition) is 2. The van der Waals surface area contributed by atoms with Crippen molar-refractivity contribution in [3.63, 3.8) is 0 Å². The van der Waals surface area contributed by atoms with E-state index in [0.717, 1.165) is 6.08 Å². The molecule has 0 aliphatic heterocycles. The van der Waals surface area contributed by atoms with E-state index in [0.29, 0.717) is 30.9 Å². The largest absolute Gasteiger partial charge is 0.478 e. The number of carbonyl (C=O) groups excluding carboxylic acids is 1. The highest BCUT2D eigenvalue weighted by molar-refractivity contribution is 5.95. The lowest BCUT2D eigenvalue weighted by atomic mass is 10.1. The summed E-state index contributed by atoms with van der Waals surface area (Å²) in [6.07, 6.45) is 2.48. The Bertz CT molecular complexity index is 468. The standard InChI is InChI=1S/C14H17NO4/c1-2-19-9-8-15-14(18)12-5-3-4-11(10-12)6-7-13(16)17/h3-7,10H,2,8-9H2,1H3,(H,15,18)(H,16,17)/b7-6+. The van der Waals surface area contributed by atoms with Crippen LogP contribution in [-0.2, 0) is 9.53 Å². The predicted octanol–water partition coefficient (Wildman–Crippen LogP) is 1.55. The Hall–Kier alpha value is -2.14. The van der Waals surface area contributed by atoms with Gasteiger partial charge in [0.15, 0.2) is 0 Å². The number of nitrogens with one attached hydrogen (secondary N) is 1. The fourth-order valence-corrected chi connectivity index (χ4v) is 1.43. The Morgan fingerprint density at radius 3 is 2.89 bits per heavy atom. The van der Waals surface area contributed by atoms with Gasteiger partial charge in [0.05, 0.1) is 6.61 Å². The number of carbonyl (C=O) groups is 2. The Morgan fingerprint density at radius 1 is 1.42 bits per heavy atom. The normalized spacial score (nSPS) is 10.6. The van der Waals surface area contributed by atoms with Gasteiger partial charge >= 0.3 is 5.97 Å². The Morgan fingerprint density at radius 2 is 2.21 bits per heavy atom. The first-order valence-electron chi connectivity index (χ1n) is 6.00. The molecule has 102 valence electrons. The van der Waals surface area contributed by atoms with Gasteiger partial charge < -0.3 is 15.2 Å². The molecule has 0 fully saturated rings. The van der Waals surface area contributed by atoms with Crippen molar-refractivity contribution in [2.45, 2.75) is 6.92 Å².